The Labute approximate surface area is 96.4 Å². The van der Waals surface area contributed by atoms with Gasteiger partial charge in [-0.25, -0.2) is 0 Å². The van der Waals surface area contributed by atoms with E-state index in [9.17, 15) is 0 Å². The molecule has 0 aliphatic carbocycles. The third-order valence-corrected chi connectivity index (χ3v) is 2.89. The highest BCUT2D eigenvalue weighted by atomic mass is 15.1. The van der Waals surface area contributed by atoms with Crippen LogP contribution < -0.4 is 5.32 Å². The molecule has 0 aliphatic heterocycles. The van der Waals surface area contributed by atoms with E-state index in [0.717, 1.165) is 19.0 Å². The van der Waals surface area contributed by atoms with Gasteiger partial charge < -0.3 is 10.2 Å². The third kappa shape index (κ3) is 7.80. The van der Waals surface area contributed by atoms with Gasteiger partial charge in [0.2, 0.25) is 0 Å². The molecule has 0 aromatic carbocycles. The van der Waals surface area contributed by atoms with Gasteiger partial charge in [-0.3, -0.25) is 0 Å². The van der Waals surface area contributed by atoms with Gasteiger partial charge in [0.15, 0.2) is 0 Å². The number of hydrogen-bond donors (Lipinski definition) is 1. The molecule has 92 valence electrons. The average molecular weight is 214 g/mol. The standard InChI is InChI=1S/C13H30N2/c1-6-8-9-15(5)13(7-2)11-14-10-12(3)4/h12-14H,6-11H2,1-5H3. The molecule has 0 radical (unpaired) electrons. The van der Waals surface area contributed by atoms with Gasteiger partial charge in [0.05, 0.1) is 0 Å². The van der Waals surface area contributed by atoms with Gasteiger partial charge in [0.25, 0.3) is 0 Å². The summed E-state index contributed by atoms with van der Waals surface area (Å²) in [5.41, 5.74) is 0. The van der Waals surface area contributed by atoms with Crippen molar-refractivity contribution < 1.29 is 0 Å². The van der Waals surface area contributed by atoms with E-state index in [1.807, 2.05) is 0 Å². The van der Waals surface area contributed by atoms with Crippen molar-refractivity contribution in [3.8, 4) is 0 Å². The van der Waals surface area contributed by atoms with Gasteiger partial charge in [0, 0.05) is 12.6 Å². The maximum Gasteiger partial charge on any atom is 0.0214 e. The summed E-state index contributed by atoms with van der Waals surface area (Å²) in [5, 5.41) is 3.55. The van der Waals surface area contributed by atoms with Gasteiger partial charge >= 0.3 is 0 Å². The van der Waals surface area contributed by atoms with Crippen molar-refractivity contribution in [1.82, 2.24) is 10.2 Å². The van der Waals surface area contributed by atoms with E-state index in [1.165, 1.54) is 25.8 Å². The summed E-state index contributed by atoms with van der Waals surface area (Å²) in [6, 6.07) is 0.704. The van der Waals surface area contributed by atoms with Crippen molar-refractivity contribution in [3.63, 3.8) is 0 Å². The molecular weight excluding hydrogens is 184 g/mol. The van der Waals surface area contributed by atoms with Crippen molar-refractivity contribution in [2.45, 2.75) is 53.0 Å². The van der Waals surface area contributed by atoms with E-state index < -0.39 is 0 Å². The maximum absolute atomic E-state index is 3.55. The highest BCUT2D eigenvalue weighted by Crippen LogP contribution is 2.03. The zero-order valence-corrected chi connectivity index (χ0v) is 11.3. The summed E-state index contributed by atoms with van der Waals surface area (Å²) in [6.45, 7) is 12.6. The lowest BCUT2D eigenvalue weighted by Gasteiger charge is -2.27. The molecule has 1 N–H and O–H groups in total. The number of likely N-dealkylation sites (N-methyl/N-ethyl adjacent to an activating group) is 1. The lowest BCUT2D eigenvalue weighted by atomic mass is 10.1. The monoisotopic (exact) mass is 214 g/mol. The molecule has 0 spiro atoms. The van der Waals surface area contributed by atoms with Gasteiger partial charge in [-0.05, 0) is 38.9 Å². The lowest BCUT2D eigenvalue weighted by molar-refractivity contribution is 0.225. The van der Waals surface area contributed by atoms with Crippen LogP contribution in [0.4, 0.5) is 0 Å². The minimum Gasteiger partial charge on any atom is -0.315 e. The van der Waals surface area contributed by atoms with Crippen LogP contribution in [0.1, 0.15) is 47.0 Å². The van der Waals surface area contributed by atoms with E-state index in [1.54, 1.807) is 0 Å². The summed E-state index contributed by atoms with van der Waals surface area (Å²) >= 11 is 0. The molecular formula is C13H30N2. The zero-order valence-electron chi connectivity index (χ0n) is 11.3. The predicted octanol–water partition coefficient (Wildman–Crippen LogP) is 2.74. The molecule has 0 aliphatic rings. The fourth-order valence-electron chi connectivity index (χ4n) is 1.74. The van der Waals surface area contributed by atoms with Crippen molar-refractivity contribution in [2.75, 3.05) is 26.7 Å². The van der Waals surface area contributed by atoms with Crippen molar-refractivity contribution in [3.05, 3.63) is 0 Å². The molecule has 2 heteroatoms. The second-order valence-corrected chi connectivity index (χ2v) is 4.95. The Bertz CT molecular complexity index is 134. The number of unbranched alkanes of at least 4 members (excludes halogenated alkanes) is 1. The van der Waals surface area contributed by atoms with Gasteiger partial charge in [-0.15, -0.1) is 0 Å². The number of nitrogens with one attached hydrogen (secondary N) is 1. The SMILES string of the molecule is CCCCN(C)C(CC)CNCC(C)C. The molecule has 0 fully saturated rings. The fourth-order valence-corrected chi connectivity index (χ4v) is 1.74. The molecule has 1 unspecified atom stereocenters. The normalized spacial score (nSPS) is 13.8. The van der Waals surface area contributed by atoms with Crippen LogP contribution in [0.3, 0.4) is 0 Å². The number of rotatable bonds is 9. The van der Waals surface area contributed by atoms with Crippen LogP contribution in [0.5, 0.6) is 0 Å². The molecule has 0 saturated heterocycles. The largest absolute Gasteiger partial charge is 0.315 e. The second-order valence-electron chi connectivity index (χ2n) is 4.95. The quantitative estimate of drug-likeness (QED) is 0.635. The van der Waals surface area contributed by atoms with E-state index >= 15 is 0 Å². The van der Waals surface area contributed by atoms with Gasteiger partial charge in [0.1, 0.15) is 0 Å². The molecule has 0 aromatic heterocycles. The fraction of sp³-hybridized carbons (Fsp3) is 1.00. The van der Waals surface area contributed by atoms with Crippen LogP contribution in [0.25, 0.3) is 0 Å². The van der Waals surface area contributed by atoms with Crippen molar-refractivity contribution >= 4 is 0 Å². The highest BCUT2D eigenvalue weighted by Gasteiger charge is 2.11. The Morgan fingerprint density at radius 1 is 1.13 bits per heavy atom. The molecule has 0 heterocycles. The molecule has 0 saturated carbocycles. The van der Waals surface area contributed by atoms with Crippen LogP contribution in [0.15, 0.2) is 0 Å². The van der Waals surface area contributed by atoms with Crippen LogP contribution >= 0.6 is 0 Å². The average Bonchev–Trinajstić information content (AvgIpc) is 2.20. The van der Waals surface area contributed by atoms with E-state index in [2.05, 4.69) is 45.0 Å². The van der Waals surface area contributed by atoms with E-state index in [4.69, 9.17) is 0 Å². The van der Waals surface area contributed by atoms with E-state index in [-0.39, 0.29) is 0 Å². The van der Waals surface area contributed by atoms with Crippen LogP contribution in [0.2, 0.25) is 0 Å². The summed E-state index contributed by atoms with van der Waals surface area (Å²) in [6.07, 6.45) is 3.85. The maximum atomic E-state index is 3.55. The molecule has 1 atom stereocenters. The smallest absolute Gasteiger partial charge is 0.0214 e. The first-order valence-electron chi connectivity index (χ1n) is 6.52. The van der Waals surface area contributed by atoms with Crippen LogP contribution in [-0.2, 0) is 0 Å². The Morgan fingerprint density at radius 2 is 1.80 bits per heavy atom. The number of nitrogens with zero attached hydrogens (tertiary/aromatic N) is 1. The summed E-state index contributed by atoms with van der Waals surface area (Å²) in [7, 11) is 2.25. The lowest BCUT2D eigenvalue weighted by Crippen LogP contribution is -2.41. The molecule has 2 nitrogen and oxygen atoms in total. The first-order chi connectivity index (χ1) is 7.11. The molecule has 0 aromatic rings. The highest BCUT2D eigenvalue weighted by molar-refractivity contribution is 4.70. The Kier molecular flexibility index (Phi) is 9.12. The number of hydrogen-bond acceptors (Lipinski definition) is 2. The third-order valence-electron chi connectivity index (χ3n) is 2.89. The zero-order chi connectivity index (χ0) is 11.7. The van der Waals surface area contributed by atoms with Crippen LogP contribution in [0, 0.1) is 5.92 Å². The predicted molar refractivity (Wildman–Crippen MR) is 69.3 cm³/mol. The summed E-state index contributed by atoms with van der Waals surface area (Å²) in [4.78, 5) is 2.50. The Balaban J connectivity index is 3.69. The summed E-state index contributed by atoms with van der Waals surface area (Å²) < 4.78 is 0. The molecule has 0 bridgehead atoms. The van der Waals surface area contributed by atoms with Crippen molar-refractivity contribution in [2.24, 2.45) is 5.92 Å². The Hall–Kier alpha value is -0.0800. The van der Waals surface area contributed by atoms with E-state index in [0.29, 0.717) is 6.04 Å². The molecule has 0 rings (SSSR count). The topological polar surface area (TPSA) is 15.3 Å². The minimum atomic E-state index is 0.704. The Morgan fingerprint density at radius 3 is 2.27 bits per heavy atom. The van der Waals surface area contributed by atoms with Gasteiger partial charge in [-0.1, -0.05) is 34.1 Å². The molecule has 0 amide bonds. The molecule has 15 heavy (non-hydrogen) atoms. The first kappa shape index (κ1) is 14.9. The van der Waals surface area contributed by atoms with Crippen molar-refractivity contribution in [1.29, 1.82) is 0 Å². The minimum absolute atomic E-state index is 0.704. The van der Waals surface area contributed by atoms with Crippen LogP contribution in [-0.4, -0.2) is 37.6 Å². The second kappa shape index (κ2) is 9.17. The first-order valence-corrected chi connectivity index (χ1v) is 6.52. The summed E-state index contributed by atoms with van der Waals surface area (Å²) in [5.74, 6) is 0.753. The van der Waals surface area contributed by atoms with Gasteiger partial charge in [-0.2, -0.15) is 0 Å².